The largest absolute Gasteiger partial charge is 0.480 e. The maximum atomic E-state index is 12.7. The van der Waals surface area contributed by atoms with Crippen molar-refractivity contribution in [3.05, 3.63) is 35.9 Å². The minimum absolute atomic E-state index is 0.110. The second-order valence-corrected chi connectivity index (χ2v) is 7.82. The van der Waals surface area contributed by atoms with Crippen LogP contribution in [0.3, 0.4) is 0 Å². The van der Waals surface area contributed by atoms with Gasteiger partial charge in [-0.15, -0.1) is 0 Å². The molecule has 0 spiro atoms. The van der Waals surface area contributed by atoms with E-state index in [1.54, 1.807) is 24.3 Å². The van der Waals surface area contributed by atoms with E-state index in [1.165, 1.54) is 6.92 Å². The molecule has 178 valence electrons. The molecule has 0 saturated carbocycles. The summed E-state index contributed by atoms with van der Waals surface area (Å²) in [5, 5.41) is 16.7. The van der Waals surface area contributed by atoms with Crippen LogP contribution < -0.4 is 27.4 Å². The van der Waals surface area contributed by atoms with Gasteiger partial charge in [0.25, 0.3) is 0 Å². The number of carboxylic acids is 1. The van der Waals surface area contributed by atoms with Gasteiger partial charge in [-0.3, -0.25) is 14.4 Å². The van der Waals surface area contributed by atoms with Gasteiger partial charge in [-0.25, -0.2) is 4.79 Å². The Kier molecular flexibility index (Phi) is 12.4. The third kappa shape index (κ3) is 9.67. The fraction of sp³-hybridized carbons (Fsp3) is 0.524. The lowest BCUT2D eigenvalue weighted by molar-refractivity contribution is -0.141. The van der Waals surface area contributed by atoms with Crippen molar-refractivity contribution in [1.82, 2.24) is 16.0 Å². The normalized spacial score (nSPS) is 14.5. The highest BCUT2D eigenvalue weighted by Gasteiger charge is 2.28. The van der Waals surface area contributed by atoms with Crippen LogP contribution in [0.2, 0.25) is 0 Å². The van der Waals surface area contributed by atoms with E-state index < -0.39 is 47.9 Å². The van der Waals surface area contributed by atoms with Gasteiger partial charge in [-0.1, -0.05) is 36.8 Å². The van der Waals surface area contributed by atoms with Gasteiger partial charge in [0.1, 0.15) is 18.1 Å². The molecule has 0 aliphatic rings. The zero-order valence-corrected chi connectivity index (χ0v) is 19.0. The predicted molar refractivity (Wildman–Crippen MR) is 124 cm³/mol. The van der Waals surface area contributed by atoms with E-state index in [9.17, 15) is 24.3 Å². The number of carbonyl (C=O) groups is 4. The van der Waals surface area contributed by atoms with E-state index in [0.29, 0.717) is 19.4 Å². The number of benzene rings is 1. The Hall–Kier alpha value is -2.63. The fourth-order valence-electron chi connectivity index (χ4n) is 2.84. The quantitative estimate of drug-likeness (QED) is 0.138. The molecule has 4 unspecified atom stereocenters. The summed E-state index contributed by atoms with van der Waals surface area (Å²) >= 11 is 3.94. The highest BCUT2D eigenvalue weighted by Crippen LogP contribution is 2.05. The molecule has 0 aliphatic heterocycles. The van der Waals surface area contributed by atoms with Gasteiger partial charge < -0.3 is 32.5 Å². The highest BCUT2D eigenvalue weighted by molar-refractivity contribution is 7.80. The average molecular weight is 468 g/mol. The molecule has 3 amide bonds. The predicted octanol–water partition coefficient (Wildman–Crippen LogP) is -0.826. The summed E-state index contributed by atoms with van der Waals surface area (Å²) in [4.78, 5) is 48.8. The summed E-state index contributed by atoms with van der Waals surface area (Å²) in [6.07, 6.45) is 2.02. The number of hydrogen-bond donors (Lipinski definition) is 7. The molecule has 1 aromatic carbocycles. The molecular formula is C21H33N5O5S. The van der Waals surface area contributed by atoms with E-state index in [-0.39, 0.29) is 12.2 Å². The number of carboxylic acid groups (broad SMARTS) is 1. The Morgan fingerprint density at radius 2 is 1.59 bits per heavy atom. The van der Waals surface area contributed by atoms with Crippen LogP contribution in [-0.4, -0.2) is 65.3 Å². The van der Waals surface area contributed by atoms with Crippen LogP contribution >= 0.6 is 12.6 Å². The lowest BCUT2D eigenvalue weighted by Crippen LogP contribution is -2.57. The summed E-state index contributed by atoms with van der Waals surface area (Å²) in [5.41, 5.74) is 12.0. The number of unbranched alkanes of at least 4 members (excludes halogenated alkanes) is 1. The van der Waals surface area contributed by atoms with Gasteiger partial charge in [0.05, 0.1) is 6.04 Å². The first-order chi connectivity index (χ1) is 15.2. The fourth-order valence-corrected chi connectivity index (χ4v) is 3.09. The maximum absolute atomic E-state index is 12.7. The van der Waals surface area contributed by atoms with E-state index in [1.807, 2.05) is 6.07 Å². The van der Waals surface area contributed by atoms with Gasteiger partial charge in [0.2, 0.25) is 17.7 Å². The topological polar surface area (TPSA) is 177 Å². The first-order valence-corrected chi connectivity index (χ1v) is 11.1. The molecule has 0 radical (unpaired) electrons. The summed E-state index contributed by atoms with van der Waals surface area (Å²) in [5.74, 6) is -3.08. The van der Waals surface area contributed by atoms with Crippen LogP contribution in [0, 0.1) is 0 Å². The molecule has 0 aromatic heterocycles. The third-order valence-electron chi connectivity index (χ3n) is 4.77. The maximum Gasteiger partial charge on any atom is 0.327 e. The summed E-state index contributed by atoms with van der Waals surface area (Å²) in [6.45, 7) is 1.99. The first kappa shape index (κ1) is 27.4. The Labute approximate surface area is 193 Å². The van der Waals surface area contributed by atoms with Crippen LogP contribution in [0.25, 0.3) is 0 Å². The molecule has 1 rings (SSSR count). The standard InChI is InChI=1S/C21H33N5O5S/c1-13(24-19(28)15(23)9-5-6-10-22)18(27)25-16(11-14-7-3-2-4-8-14)20(29)26-17(12-32)21(30)31/h2-4,7-8,13,15-17,32H,5-6,9-12,22-23H2,1H3,(H,24,28)(H,25,27)(H,26,29)(H,30,31). The SMILES string of the molecule is CC(NC(=O)C(N)CCCCN)C(=O)NC(Cc1ccccc1)C(=O)NC(CS)C(=O)O. The molecule has 8 N–H and O–H groups in total. The molecule has 4 atom stereocenters. The van der Waals surface area contributed by atoms with Crippen molar-refractivity contribution in [2.75, 3.05) is 12.3 Å². The zero-order chi connectivity index (χ0) is 24.1. The number of thiol groups is 1. The lowest BCUT2D eigenvalue weighted by atomic mass is 10.0. The van der Waals surface area contributed by atoms with Gasteiger partial charge in [-0.05, 0) is 31.9 Å². The summed E-state index contributed by atoms with van der Waals surface area (Å²) in [7, 11) is 0. The number of nitrogens with one attached hydrogen (secondary N) is 3. The number of carbonyl (C=O) groups excluding carboxylic acids is 3. The van der Waals surface area contributed by atoms with E-state index in [2.05, 4.69) is 28.6 Å². The lowest BCUT2D eigenvalue weighted by Gasteiger charge is -2.23. The van der Waals surface area contributed by atoms with Crippen molar-refractivity contribution in [2.24, 2.45) is 11.5 Å². The number of rotatable bonds is 14. The molecule has 10 nitrogen and oxygen atoms in total. The molecule has 0 fully saturated rings. The van der Waals surface area contributed by atoms with Crippen molar-refractivity contribution >= 4 is 36.3 Å². The second-order valence-electron chi connectivity index (χ2n) is 7.45. The number of hydrogen-bond acceptors (Lipinski definition) is 7. The van der Waals surface area contributed by atoms with Gasteiger partial charge >= 0.3 is 5.97 Å². The van der Waals surface area contributed by atoms with Crippen LogP contribution in [-0.2, 0) is 25.6 Å². The molecule has 0 heterocycles. The summed E-state index contributed by atoms with van der Waals surface area (Å²) in [6, 6.07) is 4.97. The zero-order valence-electron chi connectivity index (χ0n) is 18.1. The number of amides is 3. The molecule has 1 aromatic rings. The smallest absolute Gasteiger partial charge is 0.327 e. The minimum atomic E-state index is -1.23. The van der Waals surface area contributed by atoms with Crippen LogP contribution in [0.15, 0.2) is 30.3 Å². The highest BCUT2D eigenvalue weighted by atomic mass is 32.1. The van der Waals surface area contributed by atoms with Crippen LogP contribution in [0.5, 0.6) is 0 Å². The molecule has 0 bridgehead atoms. The van der Waals surface area contributed by atoms with Crippen molar-refractivity contribution in [1.29, 1.82) is 0 Å². The first-order valence-electron chi connectivity index (χ1n) is 10.4. The summed E-state index contributed by atoms with van der Waals surface area (Å²) < 4.78 is 0. The Morgan fingerprint density at radius 3 is 2.16 bits per heavy atom. The van der Waals surface area contributed by atoms with E-state index in [4.69, 9.17) is 11.5 Å². The number of nitrogens with two attached hydrogens (primary N) is 2. The van der Waals surface area contributed by atoms with E-state index in [0.717, 1.165) is 12.0 Å². The van der Waals surface area contributed by atoms with Gasteiger partial charge in [0, 0.05) is 12.2 Å². The van der Waals surface area contributed by atoms with E-state index >= 15 is 0 Å². The molecule has 0 saturated heterocycles. The monoisotopic (exact) mass is 467 g/mol. The van der Waals surface area contributed by atoms with Gasteiger partial charge in [-0.2, -0.15) is 12.6 Å². The van der Waals surface area contributed by atoms with Crippen molar-refractivity contribution in [3.63, 3.8) is 0 Å². The van der Waals surface area contributed by atoms with Crippen molar-refractivity contribution in [3.8, 4) is 0 Å². The van der Waals surface area contributed by atoms with Crippen molar-refractivity contribution in [2.45, 2.75) is 56.8 Å². The average Bonchev–Trinajstić information content (AvgIpc) is 2.77. The molecule has 32 heavy (non-hydrogen) atoms. The second kappa shape index (κ2) is 14.4. The van der Waals surface area contributed by atoms with Crippen LogP contribution in [0.4, 0.5) is 0 Å². The Morgan fingerprint density at radius 1 is 0.969 bits per heavy atom. The Bertz CT molecular complexity index is 764. The third-order valence-corrected chi connectivity index (χ3v) is 5.14. The molecular weight excluding hydrogens is 434 g/mol. The van der Waals surface area contributed by atoms with Gasteiger partial charge in [0.15, 0.2) is 0 Å². The number of aliphatic carboxylic acids is 1. The minimum Gasteiger partial charge on any atom is -0.480 e. The molecule has 0 aliphatic carbocycles. The van der Waals surface area contributed by atoms with Crippen molar-refractivity contribution < 1.29 is 24.3 Å². The van der Waals surface area contributed by atoms with Crippen LogP contribution in [0.1, 0.15) is 31.7 Å². The molecule has 11 heteroatoms. The Balaban J connectivity index is 2.81.